The van der Waals surface area contributed by atoms with Gasteiger partial charge in [-0.25, -0.2) is 4.98 Å². The summed E-state index contributed by atoms with van der Waals surface area (Å²) in [5.41, 5.74) is 2.96. The minimum Gasteiger partial charge on any atom is -0.508 e. The molecule has 0 fully saturated rings. The van der Waals surface area contributed by atoms with E-state index in [0.717, 1.165) is 25.8 Å². The van der Waals surface area contributed by atoms with Crippen molar-refractivity contribution in [1.29, 1.82) is 0 Å². The van der Waals surface area contributed by atoms with Gasteiger partial charge < -0.3 is 15.5 Å². The van der Waals surface area contributed by atoms with Gasteiger partial charge in [0.15, 0.2) is 0 Å². The highest BCUT2D eigenvalue weighted by Gasteiger charge is 2.43. The van der Waals surface area contributed by atoms with Crippen LogP contribution in [0.15, 0.2) is 35.3 Å². The van der Waals surface area contributed by atoms with Gasteiger partial charge in [0.05, 0.1) is 10.2 Å². The monoisotopic (exact) mass is 427 g/mol. The number of carbonyl (C=O) groups excluding carboxylic acids is 1. The Bertz CT molecular complexity index is 1170. The number of nitrogens with one attached hydrogen (secondary N) is 1. The van der Waals surface area contributed by atoms with Crippen molar-refractivity contribution in [2.24, 2.45) is 4.99 Å². The molecule has 2 aromatic carbocycles. The summed E-state index contributed by atoms with van der Waals surface area (Å²) in [6, 6.07) is 7.90. The van der Waals surface area contributed by atoms with Crippen molar-refractivity contribution < 1.29 is 15.0 Å². The summed E-state index contributed by atoms with van der Waals surface area (Å²) in [5.74, 6) is 0.217. The third kappa shape index (κ3) is 3.70. The van der Waals surface area contributed by atoms with E-state index in [9.17, 15) is 15.0 Å². The SMILES string of the molecule is Cc1cc(NC(=O)C2N=C(c3nc4ccc(O)cc4s3)SC2(C)C)c(C)cc1O. The maximum atomic E-state index is 13.0. The maximum Gasteiger partial charge on any atom is 0.250 e. The number of aliphatic imine (C=N–C) groups is 1. The Labute approximate surface area is 176 Å². The predicted molar refractivity (Wildman–Crippen MR) is 119 cm³/mol. The van der Waals surface area contributed by atoms with Crippen LogP contribution in [0, 0.1) is 13.8 Å². The Morgan fingerprint density at radius 1 is 1.14 bits per heavy atom. The summed E-state index contributed by atoms with van der Waals surface area (Å²) in [6.45, 7) is 7.62. The van der Waals surface area contributed by atoms with E-state index in [2.05, 4.69) is 10.3 Å². The molecule has 1 aliphatic heterocycles. The summed E-state index contributed by atoms with van der Waals surface area (Å²) in [7, 11) is 0. The van der Waals surface area contributed by atoms with Gasteiger partial charge >= 0.3 is 0 Å². The minimum atomic E-state index is -0.573. The van der Waals surface area contributed by atoms with Gasteiger partial charge in [-0.1, -0.05) is 11.8 Å². The third-order valence-electron chi connectivity index (χ3n) is 4.87. The lowest BCUT2D eigenvalue weighted by Gasteiger charge is -2.23. The first kappa shape index (κ1) is 19.7. The number of amides is 1. The van der Waals surface area contributed by atoms with E-state index in [1.165, 1.54) is 23.1 Å². The van der Waals surface area contributed by atoms with Crippen molar-refractivity contribution in [3.8, 4) is 11.5 Å². The van der Waals surface area contributed by atoms with E-state index < -0.39 is 10.8 Å². The Balaban J connectivity index is 1.63. The molecule has 6 nitrogen and oxygen atoms in total. The molecule has 1 amide bonds. The molecule has 3 N–H and O–H groups in total. The van der Waals surface area contributed by atoms with Gasteiger partial charge in [-0.3, -0.25) is 9.79 Å². The van der Waals surface area contributed by atoms with Gasteiger partial charge in [0.1, 0.15) is 27.6 Å². The molecule has 0 saturated heterocycles. The lowest BCUT2D eigenvalue weighted by atomic mass is 10.0. The van der Waals surface area contributed by atoms with Gasteiger partial charge in [0, 0.05) is 10.4 Å². The van der Waals surface area contributed by atoms with Crippen molar-refractivity contribution in [3.63, 3.8) is 0 Å². The van der Waals surface area contributed by atoms with Crippen LogP contribution < -0.4 is 5.32 Å². The molecule has 2 heterocycles. The van der Waals surface area contributed by atoms with Crippen LogP contribution in [0.4, 0.5) is 5.69 Å². The zero-order chi connectivity index (χ0) is 20.9. The van der Waals surface area contributed by atoms with Gasteiger partial charge in [0.25, 0.3) is 5.91 Å². The van der Waals surface area contributed by atoms with Gasteiger partial charge in [-0.05, 0) is 69.2 Å². The summed E-state index contributed by atoms with van der Waals surface area (Å²) in [4.78, 5) is 22.3. The Morgan fingerprint density at radius 3 is 2.66 bits per heavy atom. The number of aryl methyl sites for hydroxylation is 2. The molecular weight excluding hydrogens is 406 g/mol. The first-order valence-electron chi connectivity index (χ1n) is 9.12. The maximum absolute atomic E-state index is 13.0. The topological polar surface area (TPSA) is 94.8 Å². The number of carbonyl (C=O) groups is 1. The molecule has 1 atom stereocenters. The molecule has 8 heteroatoms. The van der Waals surface area contributed by atoms with Gasteiger partial charge in [-0.15, -0.1) is 11.3 Å². The largest absolute Gasteiger partial charge is 0.508 e. The molecule has 1 aliphatic rings. The molecule has 0 bridgehead atoms. The Kier molecular flexibility index (Phi) is 4.78. The Hall–Kier alpha value is -2.58. The molecule has 150 valence electrons. The molecule has 0 aliphatic carbocycles. The molecule has 1 unspecified atom stereocenters. The molecule has 0 saturated carbocycles. The smallest absolute Gasteiger partial charge is 0.250 e. The second kappa shape index (κ2) is 7.03. The van der Waals surface area contributed by atoms with E-state index in [1.807, 2.05) is 20.8 Å². The first-order valence-corrected chi connectivity index (χ1v) is 10.7. The second-order valence-electron chi connectivity index (χ2n) is 7.66. The lowest BCUT2D eigenvalue weighted by Crippen LogP contribution is -2.39. The fourth-order valence-electron chi connectivity index (χ4n) is 3.22. The number of aromatic nitrogens is 1. The normalized spacial score (nSPS) is 18.1. The van der Waals surface area contributed by atoms with Crippen molar-refractivity contribution in [3.05, 3.63) is 46.5 Å². The van der Waals surface area contributed by atoms with Gasteiger partial charge in [-0.2, -0.15) is 0 Å². The number of thiazole rings is 1. The van der Waals surface area contributed by atoms with E-state index in [0.29, 0.717) is 11.3 Å². The van der Waals surface area contributed by atoms with E-state index >= 15 is 0 Å². The van der Waals surface area contributed by atoms with E-state index in [-0.39, 0.29) is 17.4 Å². The number of anilines is 1. The molecule has 3 aromatic rings. The van der Waals surface area contributed by atoms with E-state index in [4.69, 9.17) is 4.99 Å². The standard InChI is InChI=1S/C21H21N3O3S2/c1-10-8-15(26)11(2)7-14(10)22-18(27)17-21(3,4)29-20(24-17)19-23-13-6-5-12(25)9-16(13)28-19/h5-9,17,25-26H,1-4H3,(H,22,27). The molecule has 0 spiro atoms. The quantitative estimate of drug-likeness (QED) is 0.531. The number of rotatable bonds is 3. The first-order chi connectivity index (χ1) is 13.6. The average Bonchev–Trinajstić information content (AvgIpc) is 3.19. The average molecular weight is 428 g/mol. The summed E-state index contributed by atoms with van der Waals surface area (Å²) in [5, 5.41) is 23.9. The highest BCUT2D eigenvalue weighted by atomic mass is 32.2. The highest BCUT2D eigenvalue weighted by molar-refractivity contribution is 8.16. The minimum absolute atomic E-state index is 0.190. The molecule has 1 aromatic heterocycles. The van der Waals surface area contributed by atoms with Crippen LogP contribution >= 0.6 is 23.1 Å². The number of hydrogen-bond donors (Lipinski definition) is 3. The van der Waals surface area contributed by atoms with Crippen molar-refractivity contribution in [2.75, 3.05) is 5.32 Å². The number of phenols is 2. The van der Waals surface area contributed by atoms with Crippen LogP contribution in [0.3, 0.4) is 0 Å². The lowest BCUT2D eigenvalue weighted by molar-refractivity contribution is -0.117. The number of aromatic hydroxyl groups is 2. The van der Waals surface area contributed by atoms with E-state index in [1.54, 1.807) is 37.3 Å². The summed E-state index contributed by atoms with van der Waals surface area (Å²) in [6.07, 6.45) is 0. The van der Waals surface area contributed by atoms with Crippen LogP contribution in [0.25, 0.3) is 10.2 Å². The van der Waals surface area contributed by atoms with Crippen LogP contribution in [-0.2, 0) is 4.79 Å². The Morgan fingerprint density at radius 2 is 1.90 bits per heavy atom. The number of nitrogens with zero attached hydrogens (tertiary/aromatic N) is 2. The summed E-state index contributed by atoms with van der Waals surface area (Å²) < 4.78 is 0.448. The number of phenolic OH excluding ortho intramolecular Hbond substituents is 2. The molecule has 29 heavy (non-hydrogen) atoms. The van der Waals surface area contributed by atoms with Crippen molar-refractivity contribution in [1.82, 2.24) is 4.98 Å². The highest BCUT2D eigenvalue weighted by Crippen LogP contribution is 2.42. The molecule has 0 radical (unpaired) electrons. The van der Waals surface area contributed by atoms with Crippen LogP contribution in [0.1, 0.15) is 30.0 Å². The van der Waals surface area contributed by atoms with Crippen molar-refractivity contribution >= 4 is 50.0 Å². The van der Waals surface area contributed by atoms with Crippen LogP contribution in [0.5, 0.6) is 11.5 Å². The van der Waals surface area contributed by atoms with Gasteiger partial charge in [0.2, 0.25) is 0 Å². The zero-order valence-corrected chi connectivity index (χ0v) is 18.1. The number of thioether (sulfide) groups is 1. The number of benzene rings is 2. The fourth-order valence-corrected chi connectivity index (χ4v) is 5.42. The van der Waals surface area contributed by atoms with Crippen LogP contribution in [0.2, 0.25) is 0 Å². The van der Waals surface area contributed by atoms with Crippen molar-refractivity contribution in [2.45, 2.75) is 38.5 Å². The number of hydrogen-bond acceptors (Lipinski definition) is 7. The fraction of sp³-hybridized carbons (Fsp3) is 0.286. The zero-order valence-electron chi connectivity index (χ0n) is 16.5. The third-order valence-corrected chi connectivity index (χ3v) is 7.26. The summed E-state index contributed by atoms with van der Waals surface area (Å²) >= 11 is 2.98. The number of fused-ring (bicyclic) bond motifs is 1. The molecular formula is C21H21N3O3S2. The molecule has 4 rings (SSSR count). The predicted octanol–water partition coefficient (Wildman–Crippen LogP) is 4.60. The van der Waals surface area contributed by atoms with Crippen LogP contribution in [-0.4, -0.2) is 36.9 Å². The second-order valence-corrected chi connectivity index (χ2v) is 10.3.